The zero-order chi connectivity index (χ0) is 30.5. The van der Waals surface area contributed by atoms with Crippen LogP contribution in [0.2, 0.25) is 0 Å². The smallest absolute Gasteiger partial charge is 0.0800 e. The number of fused-ring (bicyclic) bond motifs is 8. The van der Waals surface area contributed by atoms with Gasteiger partial charge in [0.1, 0.15) is 0 Å². The Morgan fingerprint density at radius 2 is 0.717 bits per heavy atom. The largest absolute Gasteiger partial charge is 0.248 e. The lowest BCUT2D eigenvalue weighted by molar-refractivity contribution is 1.32. The van der Waals surface area contributed by atoms with Crippen molar-refractivity contribution in [1.29, 1.82) is 0 Å². The molecule has 0 spiro atoms. The summed E-state index contributed by atoms with van der Waals surface area (Å²) in [5.41, 5.74) is 9.51. The Hall–Kier alpha value is -6.12. The maximum absolute atomic E-state index is 5.45. The molecule has 2 nitrogen and oxygen atoms in total. The van der Waals surface area contributed by atoms with Gasteiger partial charge < -0.3 is 0 Å². The fourth-order valence-corrected chi connectivity index (χ4v) is 6.84. The second-order valence-corrected chi connectivity index (χ2v) is 11.8. The molecule has 214 valence electrons. The molecule has 7 aromatic carbocycles. The van der Waals surface area contributed by atoms with Crippen LogP contribution in [0.5, 0.6) is 0 Å². The highest BCUT2D eigenvalue weighted by Crippen LogP contribution is 2.41. The lowest BCUT2D eigenvalue weighted by Gasteiger charge is -2.15. The third-order valence-electron chi connectivity index (χ3n) is 9.04. The van der Waals surface area contributed by atoms with Gasteiger partial charge in [-0.1, -0.05) is 158 Å². The monoisotopic (exact) mass is 584 g/mol. The van der Waals surface area contributed by atoms with Gasteiger partial charge in [0.25, 0.3) is 0 Å². The second kappa shape index (κ2) is 10.8. The van der Waals surface area contributed by atoms with Crippen LogP contribution in [0.4, 0.5) is 0 Å². The Morgan fingerprint density at radius 3 is 1.35 bits per heavy atom. The van der Waals surface area contributed by atoms with Gasteiger partial charge in [0, 0.05) is 32.8 Å². The first-order valence-corrected chi connectivity index (χ1v) is 15.7. The molecule has 0 radical (unpaired) electrons. The predicted molar refractivity (Wildman–Crippen MR) is 194 cm³/mol. The summed E-state index contributed by atoms with van der Waals surface area (Å²) < 4.78 is 0. The minimum atomic E-state index is 0.945. The van der Waals surface area contributed by atoms with Gasteiger partial charge in [-0.05, 0) is 44.8 Å². The molecule has 2 heteroatoms. The first kappa shape index (κ1) is 26.3. The molecule has 0 aliphatic rings. The lowest BCUT2D eigenvalue weighted by atomic mass is 9.92. The quantitative estimate of drug-likeness (QED) is 0.192. The molecular formula is C44H28N2. The molecule has 2 heterocycles. The molecule has 46 heavy (non-hydrogen) atoms. The topological polar surface area (TPSA) is 25.8 Å². The second-order valence-electron chi connectivity index (χ2n) is 11.8. The van der Waals surface area contributed by atoms with E-state index in [1.807, 2.05) is 6.07 Å². The number of pyridine rings is 2. The zero-order valence-electron chi connectivity index (χ0n) is 25.1. The first-order valence-electron chi connectivity index (χ1n) is 15.7. The molecule has 0 N–H and O–H groups in total. The highest BCUT2D eigenvalue weighted by molar-refractivity contribution is 6.31. The average molecular weight is 585 g/mol. The molecule has 0 aliphatic heterocycles. The highest BCUT2D eigenvalue weighted by Gasteiger charge is 2.16. The van der Waals surface area contributed by atoms with E-state index >= 15 is 0 Å². The van der Waals surface area contributed by atoms with E-state index in [0.29, 0.717) is 0 Å². The summed E-state index contributed by atoms with van der Waals surface area (Å²) in [6, 6.07) is 60.1. The minimum absolute atomic E-state index is 0.945. The van der Waals surface area contributed by atoms with Gasteiger partial charge in [-0.3, -0.25) is 0 Å². The fraction of sp³-hybridized carbons (Fsp3) is 0. The highest BCUT2D eigenvalue weighted by atomic mass is 14.7. The zero-order valence-corrected chi connectivity index (χ0v) is 25.1. The summed E-state index contributed by atoms with van der Waals surface area (Å²) in [6.45, 7) is 0. The molecule has 0 saturated heterocycles. The number of aromatic nitrogens is 2. The van der Waals surface area contributed by atoms with E-state index in [9.17, 15) is 0 Å². The Bertz CT molecular complexity index is 2490. The van der Waals surface area contributed by atoms with Crippen molar-refractivity contribution in [2.45, 2.75) is 0 Å². The van der Waals surface area contributed by atoms with Crippen molar-refractivity contribution in [2.24, 2.45) is 0 Å². The maximum Gasteiger partial charge on any atom is 0.0800 e. The number of rotatable bonds is 4. The van der Waals surface area contributed by atoms with E-state index in [4.69, 9.17) is 9.97 Å². The van der Waals surface area contributed by atoms with Crippen LogP contribution in [-0.2, 0) is 0 Å². The van der Waals surface area contributed by atoms with E-state index in [1.54, 1.807) is 0 Å². The van der Waals surface area contributed by atoms with Crippen LogP contribution in [0.3, 0.4) is 0 Å². The summed E-state index contributed by atoms with van der Waals surface area (Å²) in [5, 5.41) is 8.48. The molecule has 0 saturated carbocycles. The molecule has 0 aliphatic carbocycles. The van der Waals surface area contributed by atoms with Crippen LogP contribution in [-0.4, -0.2) is 9.97 Å². The van der Waals surface area contributed by atoms with Crippen LogP contribution in [0.25, 0.3) is 88.1 Å². The number of benzene rings is 7. The molecule has 9 rings (SSSR count). The van der Waals surface area contributed by atoms with Crippen molar-refractivity contribution in [2.75, 3.05) is 0 Å². The van der Waals surface area contributed by atoms with Gasteiger partial charge in [0.2, 0.25) is 0 Å². The Morgan fingerprint density at radius 1 is 0.283 bits per heavy atom. The minimum Gasteiger partial charge on any atom is -0.248 e. The molecular weight excluding hydrogens is 556 g/mol. The van der Waals surface area contributed by atoms with Crippen LogP contribution in [0.1, 0.15) is 0 Å². The maximum atomic E-state index is 5.45. The van der Waals surface area contributed by atoms with E-state index in [1.165, 1.54) is 37.9 Å². The van der Waals surface area contributed by atoms with Crippen LogP contribution in [0, 0.1) is 0 Å². The molecule has 0 amide bonds. The van der Waals surface area contributed by atoms with Gasteiger partial charge in [0.05, 0.1) is 22.6 Å². The molecule has 9 aromatic rings. The van der Waals surface area contributed by atoms with Crippen LogP contribution < -0.4 is 0 Å². The fourth-order valence-electron chi connectivity index (χ4n) is 6.84. The van der Waals surface area contributed by atoms with Gasteiger partial charge in [-0.25, -0.2) is 9.97 Å². The van der Waals surface area contributed by atoms with Crippen LogP contribution >= 0.6 is 0 Å². The van der Waals surface area contributed by atoms with Crippen molar-refractivity contribution in [1.82, 2.24) is 9.97 Å². The average Bonchev–Trinajstić information content (AvgIpc) is 3.15. The standard InChI is InChI=1S/C44H28N2/c1-3-13-29(14-4-1)33-27-40(30-15-5-2-6-16-30)45-41(28-33)31-23-25-32(26-24-31)43-39-22-12-10-20-37(39)42-36-19-9-7-17-34(36)35-18-8-11-21-38(35)44(42)46-43/h1-28H. The molecule has 0 atom stereocenters. The van der Waals surface area contributed by atoms with Crippen molar-refractivity contribution in [3.8, 4) is 44.9 Å². The SMILES string of the molecule is c1ccc(-c2cc(-c3ccccc3)nc(-c3ccc(-c4nc5c6ccccc6c6ccccc6c5c5ccccc45)cc3)c2)cc1. The predicted octanol–water partition coefficient (Wildman–Crippen LogP) is 11.8. The third-order valence-corrected chi connectivity index (χ3v) is 9.04. The van der Waals surface area contributed by atoms with Crippen molar-refractivity contribution >= 4 is 43.2 Å². The van der Waals surface area contributed by atoms with Crippen molar-refractivity contribution in [3.63, 3.8) is 0 Å². The summed E-state index contributed by atoms with van der Waals surface area (Å²) in [5.74, 6) is 0. The molecule has 2 aromatic heterocycles. The summed E-state index contributed by atoms with van der Waals surface area (Å²) in [7, 11) is 0. The summed E-state index contributed by atoms with van der Waals surface area (Å²) in [6.07, 6.45) is 0. The van der Waals surface area contributed by atoms with E-state index in [2.05, 4.69) is 164 Å². The van der Waals surface area contributed by atoms with Crippen molar-refractivity contribution in [3.05, 3.63) is 170 Å². The van der Waals surface area contributed by atoms with Gasteiger partial charge in [-0.2, -0.15) is 0 Å². The van der Waals surface area contributed by atoms with Crippen molar-refractivity contribution < 1.29 is 0 Å². The van der Waals surface area contributed by atoms with E-state index in [0.717, 1.165) is 50.2 Å². The molecule has 0 unspecified atom stereocenters. The lowest BCUT2D eigenvalue weighted by Crippen LogP contribution is -1.93. The summed E-state index contributed by atoms with van der Waals surface area (Å²) in [4.78, 5) is 10.6. The first-order chi connectivity index (χ1) is 22.8. The Labute approximate surface area is 267 Å². The third kappa shape index (κ3) is 4.35. The van der Waals surface area contributed by atoms with Gasteiger partial charge in [-0.15, -0.1) is 0 Å². The number of hydrogen-bond donors (Lipinski definition) is 0. The molecule has 0 fully saturated rings. The molecule has 0 bridgehead atoms. The van der Waals surface area contributed by atoms with E-state index in [-0.39, 0.29) is 0 Å². The van der Waals surface area contributed by atoms with Gasteiger partial charge in [0.15, 0.2) is 0 Å². The number of nitrogens with zero attached hydrogens (tertiary/aromatic N) is 2. The Kier molecular flexibility index (Phi) is 6.17. The van der Waals surface area contributed by atoms with E-state index < -0.39 is 0 Å². The number of hydrogen-bond acceptors (Lipinski definition) is 2. The van der Waals surface area contributed by atoms with Gasteiger partial charge >= 0.3 is 0 Å². The summed E-state index contributed by atoms with van der Waals surface area (Å²) >= 11 is 0. The Balaban J connectivity index is 1.23. The normalized spacial score (nSPS) is 11.5. The van der Waals surface area contributed by atoms with Crippen LogP contribution in [0.15, 0.2) is 170 Å².